The number of ether oxygens (including phenoxy) is 2. The van der Waals surface area contributed by atoms with Crippen LogP contribution in [0.5, 0.6) is 0 Å². The van der Waals surface area contributed by atoms with Gasteiger partial charge in [-0.15, -0.1) is 0 Å². The maximum atomic E-state index is 12.2. The Kier molecular flexibility index (Phi) is 5.98. The Hall–Kier alpha value is -1.43. The summed E-state index contributed by atoms with van der Waals surface area (Å²) in [5, 5.41) is 6.08. The average Bonchev–Trinajstić information content (AvgIpc) is 2.93. The van der Waals surface area contributed by atoms with Gasteiger partial charge in [-0.05, 0) is 25.1 Å². The van der Waals surface area contributed by atoms with Crippen LogP contribution in [0.2, 0.25) is 0 Å². The molecular formula is C15H22N2O3. The number of anilines is 1. The van der Waals surface area contributed by atoms with Crippen molar-refractivity contribution in [1.29, 1.82) is 0 Å². The molecule has 20 heavy (non-hydrogen) atoms. The molecule has 1 fully saturated rings. The van der Waals surface area contributed by atoms with Gasteiger partial charge in [-0.2, -0.15) is 0 Å². The van der Waals surface area contributed by atoms with Crippen molar-refractivity contribution in [1.82, 2.24) is 5.32 Å². The van der Waals surface area contributed by atoms with Crippen molar-refractivity contribution in [2.75, 3.05) is 31.6 Å². The Morgan fingerprint density at radius 2 is 2.20 bits per heavy atom. The Bertz CT molecular complexity index is 411. The molecule has 2 N–H and O–H groups in total. The molecule has 1 aromatic carbocycles. The Morgan fingerprint density at radius 3 is 2.95 bits per heavy atom. The summed E-state index contributed by atoms with van der Waals surface area (Å²) in [5.74, 6) is -0.279. The van der Waals surface area contributed by atoms with Gasteiger partial charge in [0, 0.05) is 12.2 Å². The number of likely N-dealkylation sites (N-methyl/N-ethyl adjacent to an activating group) is 1. The number of hydrogen-bond acceptors (Lipinski definition) is 4. The van der Waals surface area contributed by atoms with Crippen LogP contribution in [0.3, 0.4) is 0 Å². The highest BCUT2D eigenvalue weighted by atomic mass is 16.7. The van der Waals surface area contributed by atoms with Crippen molar-refractivity contribution in [2.24, 2.45) is 5.92 Å². The number of carbonyl (C=O) groups is 1. The number of amides is 1. The summed E-state index contributed by atoms with van der Waals surface area (Å²) < 4.78 is 11.1. The third-order valence-corrected chi connectivity index (χ3v) is 3.23. The lowest BCUT2D eigenvalue weighted by Gasteiger charge is -2.18. The predicted octanol–water partition coefficient (Wildman–Crippen LogP) is 1.61. The van der Waals surface area contributed by atoms with Crippen molar-refractivity contribution in [3.63, 3.8) is 0 Å². The lowest BCUT2D eigenvalue weighted by atomic mass is 10.1. The van der Waals surface area contributed by atoms with Gasteiger partial charge in [0.15, 0.2) is 6.29 Å². The second-order valence-corrected chi connectivity index (χ2v) is 4.71. The van der Waals surface area contributed by atoms with Gasteiger partial charge in [0.1, 0.15) is 0 Å². The maximum Gasteiger partial charge on any atom is 0.232 e. The molecule has 1 aliphatic heterocycles. The van der Waals surface area contributed by atoms with Crippen LogP contribution in [-0.2, 0) is 14.3 Å². The van der Waals surface area contributed by atoms with Gasteiger partial charge >= 0.3 is 0 Å². The maximum absolute atomic E-state index is 12.2. The van der Waals surface area contributed by atoms with Crippen LogP contribution in [0.25, 0.3) is 0 Å². The van der Waals surface area contributed by atoms with E-state index in [2.05, 4.69) is 10.6 Å². The first-order valence-electron chi connectivity index (χ1n) is 7.11. The molecule has 0 bridgehead atoms. The third kappa shape index (κ3) is 4.30. The van der Waals surface area contributed by atoms with E-state index >= 15 is 0 Å². The van der Waals surface area contributed by atoms with Crippen molar-refractivity contribution < 1.29 is 14.3 Å². The number of nitrogens with one attached hydrogen (secondary N) is 2. The monoisotopic (exact) mass is 278 g/mol. The summed E-state index contributed by atoms with van der Waals surface area (Å²) in [6, 6.07) is 9.45. The first-order chi connectivity index (χ1) is 9.81. The average molecular weight is 278 g/mol. The predicted molar refractivity (Wildman–Crippen MR) is 77.4 cm³/mol. The standard InChI is InChI=1S/C15H22N2O3/c1-2-16-9-11-20-15-13(8-10-19-15)14(18)17-12-6-4-3-5-7-12/h3-7,13,15-16H,2,8-11H2,1H3,(H,17,18). The van der Waals surface area contributed by atoms with Gasteiger partial charge in [0.25, 0.3) is 0 Å². The zero-order valence-corrected chi connectivity index (χ0v) is 11.8. The molecule has 5 heteroatoms. The molecule has 2 rings (SSSR count). The summed E-state index contributed by atoms with van der Waals surface area (Å²) in [7, 11) is 0. The molecule has 1 amide bonds. The third-order valence-electron chi connectivity index (χ3n) is 3.23. The topological polar surface area (TPSA) is 59.6 Å². The molecule has 110 valence electrons. The fourth-order valence-corrected chi connectivity index (χ4v) is 2.16. The highest BCUT2D eigenvalue weighted by Crippen LogP contribution is 2.23. The summed E-state index contributed by atoms with van der Waals surface area (Å²) >= 11 is 0. The van der Waals surface area contributed by atoms with Gasteiger partial charge in [-0.3, -0.25) is 4.79 Å². The number of benzene rings is 1. The van der Waals surface area contributed by atoms with Gasteiger partial charge in [-0.25, -0.2) is 0 Å². The number of rotatable bonds is 7. The highest BCUT2D eigenvalue weighted by molar-refractivity contribution is 5.92. The minimum absolute atomic E-state index is 0.0397. The first-order valence-corrected chi connectivity index (χ1v) is 7.11. The molecule has 1 heterocycles. The number of carbonyl (C=O) groups excluding carboxylic acids is 1. The highest BCUT2D eigenvalue weighted by Gasteiger charge is 2.34. The van der Waals surface area contributed by atoms with E-state index in [4.69, 9.17) is 9.47 Å². The van der Waals surface area contributed by atoms with Gasteiger partial charge in [0.2, 0.25) is 5.91 Å². The van der Waals surface area contributed by atoms with Crippen LogP contribution < -0.4 is 10.6 Å². The molecule has 2 unspecified atom stereocenters. The molecule has 0 spiro atoms. The fraction of sp³-hybridized carbons (Fsp3) is 0.533. The zero-order valence-electron chi connectivity index (χ0n) is 11.8. The molecule has 0 aromatic heterocycles. The molecule has 2 atom stereocenters. The Balaban J connectivity index is 1.82. The summed E-state index contributed by atoms with van der Waals surface area (Å²) in [6.07, 6.45) is 0.266. The normalized spacial score (nSPS) is 21.9. The molecule has 5 nitrogen and oxygen atoms in total. The van der Waals surface area contributed by atoms with E-state index in [9.17, 15) is 4.79 Å². The first kappa shape index (κ1) is 15.0. The van der Waals surface area contributed by atoms with Gasteiger partial charge < -0.3 is 20.1 Å². The van der Waals surface area contributed by atoms with E-state index in [1.807, 2.05) is 37.3 Å². The number of para-hydroxylation sites is 1. The van der Waals surface area contributed by atoms with Crippen molar-refractivity contribution in [3.05, 3.63) is 30.3 Å². The van der Waals surface area contributed by atoms with E-state index in [0.29, 0.717) is 19.6 Å². The lowest BCUT2D eigenvalue weighted by Crippen LogP contribution is -2.33. The summed E-state index contributed by atoms with van der Waals surface area (Å²) in [6.45, 7) is 4.84. The summed E-state index contributed by atoms with van der Waals surface area (Å²) in [5.41, 5.74) is 0.802. The van der Waals surface area contributed by atoms with Crippen LogP contribution >= 0.6 is 0 Å². The van der Waals surface area contributed by atoms with E-state index in [-0.39, 0.29) is 11.8 Å². The Labute approximate surface area is 119 Å². The molecule has 0 radical (unpaired) electrons. The van der Waals surface area contributed by atoms with Crippen LogP contribution in [0.15, 0.2) is 30.3 Å². The molecule has 1 saturated heterocycles. The van der Waals surface area contributed by atoms with Gasteiger partial charge in [-0.1, -0.05) is 25.1 Å². The minimum atomic E-state index is -0.433. The molecular weight excluding hydrogens is 256 g/mol. The van der Waals surface area contributed by atoms with Crippen LogP contribution in [-0.4, -0.2) is 38.5 Å². The lowest BCUT2D eigenvalue weighted by molar-refractivity contribution is -0.146. The van der Waals surface area contributed by atoms with Crippen molar-refractivity contribution in [3.8, 4) is 0 Å². The minimum Gasteiger partial charge on any atom is -0.352 e. The van der Waals surface area contributed by atoms with Crippen LogP contribution in [0, 0.1) is 5.92 Å². The molecule has 1 aromatic rings. The molecule has 0 saturated carbocycles. The molecule has 0 aliphatic carbocycles. The van der Waals surface area contributed by atoms with E-state index in [1.54, 1.807) is 0 Å². The van der Waals surface area contributed by atoms with E-state index < -0.39 is 6.29 Å². The second kappa shape index (κ2) is 7.99. The van der Waals surface area contributed by atoms with Crippen molar-refractivity contribution >= 4 is 11.6 Å². The number of hydrogen-bond donors (Lipinski definition) is 2. The largest absolute Gasteiger partial charge is 0.352 e. The van der Waals surface area contributed by atoms with E-state index in [0.717, 1.165) is 18.8 Å². The molecule has 1 aliphatic rings. The van der Waals surface area contributed by atoms with Crippen LogP contribution in [0.4, 0.5) is 5.69 Å². The second-order valence-electron chi connectivity index (χ2n) is 4.71. The fourth-order valence-electron chi connectivity index (χ4n) is 2.16. The van der Waals surface area contributed by atoms with Gasteiger partial charge in [0.05, 0.1) is 19.1 Å². The van der Waals surface area contributed by atoms with Crippen molar-refractivity contribution in [2.45, 2.75) is 19.6 Å². The zero-order chi connectivity index (χ0) is 14.2. The quantitative estimate of drug-likeness (QED) is 0.744. The van der Waals surface area contributed by atoms with Crippen LogP contribution in [0.1, 0.15) is 13.3 Å². The van der Waals surface area contributed by atoms with E-state index in [1.165, 1.54) is 0 Å². The summed E-state index contributed by atoms with van der Waals surface area (Å²) in [4.78, 5) is 12.2. The Morgan fingerprint density at radius 1 is 1.40 bits per heavy atom. The smallest absolute Gasteiger partial charge is 0.232 e. The SMILES string of the molecule is CCNCCOC1OCCC1C(=O)Nc1ccccc1.